The maximum atomic E-state index is 12.0. The van der Waals surface area contributed by atoms with Crippen molar-refractivity contribution >= 4 is 10.9 Å². The predicted molar refractivity (Wildman–Crippen MR) is 98.8 cm³/mol. The van der Waals surface area contributed by atoms with Crippen molar-refractivity contribution in [2.24, 2.45) is 0 Å². The van der Waals surface area contributed by atoms with Gasteiger partial charge in [0.2, 0.25) is 5.43 Å². The van der Waals surface area contributed by atoms with Gasteiger partial charge >= 0.3 is 0 Å². The summed E-state index contributed by atoms with van der Waals surface area (Å²) in [5, 5.41) is 5.07. The van der Waals surface area contributed by atoms with E-state index in [1.165, 1.54) is 22.2 Å². The number of nitrogens with one attached hydrogen (secondary N) is 1. The van der Waals surface area contributed by atoms with Crippen molar-refractivity contribution in [2.45, 2.75) is 19.6 Å². The van der Waals surface area contributed by atoms with Crippen molar-refractivity contribution in [1.82, 2.24) is 9.78 Å². The first kappa shape index (κ1) is 16.6. The summed E-state index contributed by atoms with van der Waals surface area (Å²) in [4.78, 5) is 13.4. The molecular formula is C20H22N3O3+. The molecule has 1 atom stereocenters. The number of benzene rings is 2. The van der Waals surface area contributed by atoms with Gasteiger partial charge in [-0.3, -0.25) is 4.79 Å². The summed E-state index contributed by atoms with van der Waals surface area (Å²) in [6.07, 6.45) is 2.39. The Balaban J connectivity index is 1.62. The lowest BCUT2D eigenvalue weighted by molar-refractivity contribution is -0.938. The van der Waals surface area contributed by atoms with Gasteiger partial charge in [0.05, 0.1) is 32.5 Å². The van der Waals surface area contributed by atoms with Crippen LogP contribution in [0.2, 0.25) is 0 Å². The molecule has 6 heteroatoms. The van der Waals surface area contributed by atoms with Gasteiger partial charge in [0, 0.05) is 17.4 Å². The third-order valence-electron chi connectivity index (χ3n) is 5.03. The molecule has 26 heavy (non-hydrogen) atoms. The van der Waals surface area contributed by atoms with Gasteiger partial charge in [-0.25, -0.2) is 4.68 Å². The molecule has 0 saturated heterocycles. The molecular weight excluding hydrogens is 330 g/mol. The Morgan fingerprint density at radius 1 is 1.12 bits per heavy atom. The molecule has 2 heterocycles. The number of hydrogen-bond donors (Lipinski definition) is 1. The van der Waals surface area contributed by atoms with E-state index in [0.717, 1.165) is 36.5 Å². The minimum atomic E-state index is -0.0346. The van der Waals surface area contributed by atoms with Crippen LogP contribution in [-0.4, -0.2) is 30.5 Å². The van der Waals surface area contributed by atoms with Crippen molar-refractivity contribution in [3.63, 3.8) is 0 Å². The van der Waals surface area contributed by atoms with Crippen molar-refractivity contribution in [2.75, 3.05) is 20.8 Å². The van der Waals surface area contributed by atoms with E-state index in [2.05, 4.69) is 17.2 Å². The molecule has 4 rings (SSSR count). The molecule has 1 aromatic heterocycles. The van der Waals surface area contributed by atoms with E-state index >= 15 is 0 Å². The second-order valence-electron chi connectivity index (χ2n) is 6.59. The first-order chi connectivity index (χ1) is 12.7. The van der Waals surface area contributed by atoms with Gasteiger partial charge in [-0.05, 0) is 29.8 Å². The number of para-hydroxylation sites is 1. The van der Waals surface area contributed by atoms with Crippen LogP contribution in [0.4, 0.5) is 0 Å². The lowest BCUT2D eigenvalue weighted by Gasteiger charge is -2.27. The Kier molecular flexibility index (Phi) is 4.34. The smallest absolute Gasteiger partial charge is 0.207 e. The third kappa shape index (κ3) is 2.93. The van der Waals surface area contributed by atoms with Crippen molar-refractivity contribution in [1.29, 1.82) is 0 Å². The third-order valence-corrected chi connectivity index (χ3v) is 5.03. The molecule has 1 unspecified atom stereocenters. The zero-order valence-electron chi connectivity index (χ0n) is 15.0. The van der Waals surface area contributed by atoms with E-state index in [4.69, 9.17) is 9.47 Å². The number of methoxy groups -OCH3 is 2. The highest BCUT2D eigenvalue weighted by molar-refractivity contribution is 5.77. The molecule has 3 aromatic rings. The zero-order chi connectivity index (χ0) is 18.1. The molecule has 0 spiro atoms. The Morgan fingerprint density at radius 2 is 1.85 bits per heavy atom. The maximum absolute atomic E-state index is 12.0. The van der Waals surface area contributed by atoms with E-state index in [1.807, 2.05) is 28.9 Å². The molecule has 0 amide bonds. The molecule has 1 aliphatic heterocycles. The number of quaternary nitrogens is 1. The summed E-state index contributed by atoms with van der Waals surface area (Å²) in [5.41, 5.74) is 3.43. The van der Waals surface area contributed by atoms with Gasteiger partial charge in [-0.2, -0.15) is 5.10 Å². The van der Waals surface area contributed by atoms with Crippen LogP contribution in [0.3, 0.4) is 0 Å². The van der Waals surface area contributed by atoms with E-state index in [9.17, 15) is 4.79 Å². The standard InChI is InChI=1S/C20H21N3O3/c1-25-19-9-14-7-8-22(12-15(14)10-20(19)26-2)13-23-17-6-4-3-5-16(17)18(24)11-21-23/h3-6,9-11H,7-8,12-13H2,1-2H3/p+1. The van der Waals surface area contributed by atoms with Crippen LogP contribution < -0.4 is 19.8 Å². The molecule has 6 nitrogen and oxygen atoms in total. The van der Waals surface area contributed by atoms with Crippen molar-refractivity contribution in [3.05, 3.63) is 63.9 Å². The average Bonchev–Trinajstić information content (AvgIpc) is 2.69. The highest BCUT2D eigenvalue weighted by Crippen LogP contribution is 2.31. The molecule has 134 valence electrons. The number of ether oxygens (including phenoxy) is 2. The van der Waals surface area contributed by atoms with Crippen molar-refractivity contribution in [3.8, 4) is 11.5 Å². The Hall–Kier alpha value is -2.86. The maximum Gasteiger partial charge on any atom is 0.207 e. The largest absolute Gasteiger partial charge is 0.493 e. The summed E-state index contributed by atoms with van der Waals surface area (Å²) in [7, 11) is 3.33. The molecule has 0 aliphatic carbocycles. The minimum absolute atomic E-state index is 0.0346. The molecule has 0 fully saturated rings. The summed E-state index contributed by atoms with van der Waals surface area (Å²) >= 11 is 0. The van der Waals surface area contributed by atoms with Crippen LogP contribution >= 0.6 is 0 Å². The molecule has 0 radical (unpaired) electrons. The highest BCUT2D eigenvalue weighted by Gasteiger charge is 2.23. The Labute approximate surface area is 151 Å². The molecule has 1 aliphatic rings. The SMILES string of the molecule is COc1cc2c(cc1OC)C[NH+](Cn1ncc(=O)c3ccccc31)CC2. The molecule has 0 bridgehead atoms. The van der Waals surface area contributed by atoms with Gasteiger partial charge in [0.1, 0.15) is 6.54 Å². The van der Waals surface area contributed by atoms with E-state index < -0.39 is 0 Å². The second kappa shape index (κ2) is 6.80. The van der Waals surface area contributed by atoms with Crippen LogP contribution in [0.25, 0.3) is 10.9 Å². The van der Waals surface area contributed by atoms with Gasteiger partial charge in [0.25, 0.3) is 0 Å². The molecule has 0 saturated carbocycles. The van der Waals surface area contributed by atoms with E-state index in [1.54, 1.807) is 14.2 Å². The summed E-state index contributed by atoms with van der Waals surface area (Å²) in [5.74, 6) is 1.54. The summed E-state index contributed by atoms with van der Waals surface area (Å²) in [6.45, 7) is 2.61. The van der Waals surface area contributed by atoms with Crippen LogP contribution in [0, 0.1) is 0 Å². The summed E-state index contributed by atoms with van der Waals surface area (Å²) < 4.78 is 12.8. The fourth-order valence-corrected chi connectivity index (χ4v) is 3.66. The van der Waals surface area contributed by atoms with Gasteiger partial charge in [-0.1, -0.05) is 12.1 Å². The van der Waals surface area contributed by atoms with Gasteiger partial charge in [0.15, 0.2) is 18.2 Å². The summed E-state index contributed by atoms with van der Waals surface area (Å²) in [6, 6.07) is 11.8. The zero-order valence-corrected chi connectivity index (χ0v) is 15.0. The normalized spacial score (nSPS) is 16.3. The Bertz CT molecular complexity index is 1010. The fourth-order valence-electron chi connectivity index (χ4n) is 3.66. The van der Waals surface area contributed by atoms with Gasteiger partial charge < -0.3 is 14.4 Å². The molecule has 2 aromatic carbocycles. The van der Waals surface area contributed by atoms with Crippen LogP contribution in [0.1, 0.15) is 11.1 Å². The monoisotopic (exact) mass is 352 g/mol. The van der Waals surface area contributed by atoms with Crippen LogP contribution in [0.5, 0.6) is 11.5 Å². The predicted octanol–water partition coefficient (Wildman–Crippen LogP) is 1.01. The fraction of sp³-hybridized carbons (Fsp3) is 0.300. The quantitative estimate of drug-likeness (QED) is 0.762. The van der Waals surface area contributed by atoms with Crippen molar-refractivity contribution < 1.29 is 14.4 Å². The highest BCUT2D eigenvalue weighted by atomic mass is 16.5. The first-order valence-electron chi connectivity index (χ1n) is 8.72. The first-order valence-corrected chi connectivity index (χ1v) is 8.72. The van der Waals surface area contributed by atoms with Crippen LogP contribution in [0.15, 0.2) is 47.4 Å². The average molecular weight is 352 g/mol. The number of aromatic nitrogens is 2. The molecule has 1 N–H and O–H groups in total. The van der Waals surface area contributed by atoms with Crippen LogP contribution in [-0.2, 0) is 19.6 Å². The number of hydrogen-bond acceptors (Lipinski definition) is 4. The number of rotatable bonds is 4. The number of nitrogens with zero attached hydrogens (tertiary/aromatic N) is 2. The topological polar surface area (TPSA) is 57.8 Å². The van der Waals surface area contributed by atoms with Gasteiger partial charge in [-0.15, -0.1) is 0 Å². The van der Waals surface area contributed by atoms with E-state index in [-0.39, 0.29) is 5.43 Å². The minimum Gasteiger partial charge on any atom is -0.493 e. The lowest BCUT2D eigenvalue weighted by atomic mass is 9.99. The lowest BCUT2D eigenvalue weighted by Crippen LogP contribution is -3.11. The second-order valence-corrected chi connectivity index (χ2v) is 6.59. The number of fused-ring (bicyclic) bond motifs is 2. The Morgan fingerprint density at radius 3 is 2.62 bits per heavy atom. The van der Waals surface area contributed by atoms with E-state index in [0.29, 0.717) is 12.1 Å².